The number of aliphatic imine (C=N–C) groups is 1. The molecule has 3 aliphatic heterocycles. The summed E-state index contributed by atoms with van der Waals surface area (Å²) in [5.74, 6) is 0.939. The van der Waals surface area contributed by atoms with E-state index in [4.69, 9.17) is 9.73 Å². The van der Waals surface area contributed by atoms with Crippen molar-refractivity contribution in [3.63, 3.8) is 0 Å². The van der Waals surface area contributed by atoms with E-state index < -0.39 is 30.2 Å². The summed E-state index contributed by atoms with van der Waals surface area (Å²) in [5, 5.41) is 13.1. The molecule has 2 saturated heterocycles. The molecular weight excluding hydrogens is 400 g/mol. The average molecular weight is 431 g/mol. The molecule has 10 heteroatoms. The Labute approximate surface area is 182 Å². The van der Waals surface area contributed by atoms with E-state index in [1.165, 1.54) is 4.90 Å². The third kappa shape index (κ3) is 4.45. The van der Waals surface area contributed by atoms with E-state index in [0.29, 0.717) is 11.7 Å². The summed E-state index contributed by atoms with van der Waals surface area (Å²) in [6.07, 6.45) is -1.45. The van der Waals surface area contributed by atoms with E-state index >= 15 is 0 Å². The third-order valence-corrected chi connectivity index (χ3v) is 5.96. The first-order valence-corrected chi connectivity index (χ1v) is 10.6. The van der Waals surface area contributed by atoms with Crippen LogP contribution in [0.3, 0.4) is 0 Å². The fourth-order valence-electron chi connectivity index (χ4n) is 4.15. The summed E-state index contributed by atoms with van der Waals surface area (Å²) in [4.78, 5) is 37.2. The fraction of sp³-hybridized carbons (Fsp3) is 0.571. The molecule has 0 aliphatic carbocycles. The number of aliphatic hydroxyl groups is 1. The smallest absolute Gasteiger partial charge is 0.325 e. The van der Waals surface area contributed by atoms with Gasteiger partial charge >= 0.3 is 6.03 Å². The number of piperazine rings is 1. The van der Waals surface area contributed by atoms with Crippen LogP contribution in [0.1, 0.15) is 5.56 Å². The number of guanidine groups is 1. The molecule has 0 radical (unpaired) electrons. The van der Waals surface area contributed by atoms with Crippen molar-refractivity contribution in [1.29, 1.82) is 0 Å². The third-order valence-electron chi connectivity index (χ3n) is 5.96. The van der Waals surface area contributed by atoms with Crippen molar-refractivity contribution in [1.82, 2.24) is 24.9 Å². The number of carbonyl (C=O) groups is 2. The minimum Gasteiger partial charge on any atom is -0.491 e. The van der Waals surface area contributed by atoms with Crippen molar-refractivity contribution in [2.45, 2.75) is 25.2 Å². The number of rotatable bonds is 5. The van der Waals surface area contributed by atoms with Gasteiger partial charge in [-0.3, -0.25) is 10.1 Å². The topological polar surface area (TPSA) is 101 Å². The molecule has 0 aromatic heterocycles. The molecule has 1 aromatic rings. The largest absolute Gasteiger partial charge is 0.491 e. The predicted octanol–water partition coefficient (Wildman–Crippen LogP) is -0.470. The number of aliphatic hydroxyl groups excluding tert-OH is 1. The van der Waals surface area contributed by atoms with Gasteiger partial charge in [0.25, 0.3) is 5.91 Å². The summed E-state index contributed by atoms with van der Waals surface area (Å²) < 4.78 is 5.75. The maximum absolute atomic E-state index is 12.7. The first-order valence-electron chi connectivity index (χ1n) is 10.6. The Morgan fingerprint density at radius 2 is 1.97 bits per heavy atom. The van der Waals surface area contributed by atoms with Crippen molar-refractivity contribution in [3.05, 3.63) is 29.8 Å². The summed E-state index contributed by atoms with van der Waals surface area (Å²) in [5.41, 5.74) is 1.07. The number of likely N-dealkylation sites (N-methyl/N-ethyl adjacent to an activating group) is 2. The highest BCUT2D eigenvalue weighted by Crippen LogP contribution is 2.26. The Morgan fingerprint density at radius 3 is 2.68 bits per heavy atom. The average Bonchev–Trinajstić information content (AvgIpc) is 3.11. The van der Waals surface area contributed by atoms with Gasteiger partial charge in [-0.1, -0.05) is 12.1 Å². The molecular formula is C21H30N6O4. The monoisotopic (exact) mass is 430 g/mol. The number of hydrogen-bond donors (Lipinski definition) is 2. The van der Waals surface area contributed by atoms with E-state index in [-0.39, 0.29) is 13.2 Å². The van der Waals surface area contributed by atoms with Crippen LogP contribution in [0.5, 0.6) is 5.75 Å². The number of hydrogen-bond acceptors (Lipinski definition) is 8. The van der Waals surface area contributed by atoms with Crippen LogP contribution < -0.4 is 10.1 Å². The number of aryl methyl sites for hydroxylation is 1. The SMILES string of the molecule is Cc1cccc(OCC(O)CN2C(N3CCN(C)CC3)=NC3C2C(=O)NC(=O)N3C)c1. The van der Waals surface area contributed by atoms with E-state index in [1.54, 1.807) is 7.05 Å². The molecule has 1 aromatic carbocycles. The molecule has 31 heavy (non-hydrogen) atoms. The zero-order valence-electron chi connectivity index (χ0n) is 18.2. The van der Waals surface area contributed by atoms with Crippen molar-refractivity contribution in [2.75, 3.05) is 53.4 Å². The summed E-state index contributed by atoms with van der Waals surface area (Å²) in [7, 11) is 3.70. The van der Waals surface area contributed by atoms with Gasteiger partial charge in [-0.05, 0) is 31.7 Å². The second-order valence-electron chi connectivity index (χ2n) is 8.42. The maximum Gasteiger partial charge on any atom is 0.325 e. The zero-order valence-corrected chi connectivity index (χ0v) is 18.2. The van der Waals surface area contributed by atoms with Crippen molar-refractivity contribution in [2.24, 2.45) is 4.99 Å². The van der Waals surface area contributed by atoms with Crippen LogP contribution in [-0.4, -0.2) is 114 Å². The van der Waals surface area contributed by atoms with Crippen molar-refractivity contribution < 1.29 is 19.4 Å². The van der Waals surface area contributed by atoms with Crippen LogP contribution in [0.25, 0.3) is 0 Å². The molecule has 0 spiro atoms. The minimum absolute atomic E-state index is 0.0871. The normalized spacial score (nSPS) is 25.3. The second kappa shape index (κ2) is 8.72. The quantitative estimate of drug-likeness (QED) is 0.651. The van der Waals surface area contributed by atoms with Crippen molar-refractivity contribution >= 4 is 17.9 Å². The van der Waals surface area contributed by atoms with Crippen LogP contribution in [0.4, 0.5) is 4.79 Å². The van der Waals surface area contributed by atoms with E-state index in [9.17, 15) is 14.7 Å². The maximum atomic E-state index is 12.7. The molecule has 2 N–H and O–H groups in total. The molecule has 2 fully saturated rings. The number of benzene rings is 1. The lowest BCUT2D eigenvalue weighted by Gasteiger charge is -2.40. The number of β-amino-alcohol motifs (C(OH)–C–C–N with tert-alkyl or cyclic N) is 1. The number of amides is 3. The highest BCUT2D eigenvalue weighted by atomic mass is 16.5. The van der Waals surface area contributed by atoms with Gasteiger partial charge in [0.2, 0.25) is 0 Å². The van der Waals surface area contributed by atoms with E-state index in [0.717, 1.165) is 31.7 Å². The first kappa shape index (κ1) is 21.4. The van der Waals surface area contributed by atoms with Gasteiger partial charge in [-0.2, -0.15) is 0 Å². The van der Waals surface area contributed by atoms with Gasteiger partial charge in [-0.15, -0.1) is 0 Å². The lowest BCUT2D eigenvalue weighted by atomic mass is 10.1. The molecule has 0 saturated carbocycles. The number of nitrogens with zero attached hydrogens (tertiary/aromatic N) is 5. The lowest BCUT2D eigenvalue weighted by Crippen LogP contribution is -2.65. The first-order chi connectivity index (χ1) is 14.8. The molecule has 10 nitrogen and oxygen atoms in total. The fourth-order valence-corrected chi connectivity index (χ4v) is 4.15. The molecule has 0 bridgehead atoms. The Hall–Kier alpha value is -2.85. The van der Waals surface area contributed by atoms with E-state index in [1.807, 2.05) is 36.1 Å². The molecule has 3 aliphatic rings. The number of nitrogens with one attached hydrogen (secondary N) is 1. The number of fused-ring (bicyclic) bond motifs is 1. The van der Waals surface area contributed by atoms with Gasteiger partial charge < -0.3 is 29.4 Å². The predicted molar refractivity (Wildman–Crippen MR) is 115 cm³/mol. The van der Waals surface area contributed by atoms with Gasteiger partial charge in [0.15, 0.2) is 18.2 Å². The van der Waals surface area contributed by atoms with E-state index in [2.05, 4.69) is 22.2 Å². The summed E-state index contributed by atoms with van der Waals surface area (Å²) in [6.45, 7) is 5.52. The van der Waals surface area contributed by atoms with Crippen LogP contribution in [-0.2, 0) is 4.79 Å². The van der Waals surface area contributed by atoms with Crippen LogP contribution in [0, 0.1) is 6.92 Å². The molecule has 3 amide bonds. The molecule has 3 unspecified atom stereocenters. The number of ether oxygens (including phenoxy) is 1. The van der Waals surface area contributed by atoms with Gasteiger partial charge in [0.05, 0.1) is 6.54 Å². The summed E-state index contributed by atoms with van der Waals surface area (Å²) in [6, 6.07) is 6.50. The molecule has 168 valence electrons. The van der Waals surface area contributed by atoms with Crippen LogP contribution in [0.15, 0.2) is 29.3 Å². The number of carbonyl (C=O) groups excluding carboxylic acids is 2. The highest BCUT2D eigenvalue weighted by Gasteiger charge is 2.50. The minimum atomic E-state index is -0.840. The van der Waals surface area contributed by atoms with Crippen molar-refractivity contribution in [3.8, 4) is 5.75 Å². The lowest BCUT2D eigenvalue weighted by molar-refractivity contribution is -0.127. The molecule has 3 heterocycles. The number of urea groups is 1. The van der Waals surface area contributed by atoms with Crippen LogP contribution in [0.2, 0.25) is 0 Å². The Morgan fingerprint density at radius 1 is 1.23 bits per heavy atom. The Balaban J connectivity index is 1.50. The van der Waals surface area contributed by atoms with Gasteiger partial charge in [0, 0.05) is 33.2 Å². The highest BCUT2D eigenvalue weighted by molar-refractivity contribution is 6.03. The van der Waals surface area contributed by atoms with Crippen LogP contribution >= 0.6 is 0 Å². The number of imide groups is 1. The Bertz CT molecular complexity index is 869. The summed E-state index contributed by atoms with van der Waals surface area (Å²) >= 11 is 0. The zero-order chi connectivity index (χ0) is 22.1. The second-order valence-corrected chi connectivity index (χ2v) is 8.42. The Kier molecular flexibility index (Phi) is 6.01. The molecule has 3 atom stereocenters. The van der Waals surface area contributed by atoms with Gasteiger partial charge in [0.1, 0.15) is 18.5 Å². The molecule has 4 rings (SSSR count). The standard InChI is InChI=1S/C21H30N6O4/c1-14-5-4-6-16(11-14)31-13-15(28)12-27-17-18(25(3)21(30)23-19(17)29)22-20(27)26-9-7-24(2)8-10-26/h4-6,11,15,17-18,28H,7-10,12-13H2,1-3H3,(H,23,29,30). The van der Waals surface area contributed by atoms with Gasteiger partial charge in [-0.25, -0.2) is 9.79 Å².